The molecule has 1 atom stereocenters. The Morgan fingerprint density at radius 2 is 1.76 bits per heavy atom. The highest BCUT2D eigenvalue weighted by Crippen LogP contribution is 2.44. The minimum Gasteiger partial charge on any atom is -0.480 e. The summed E-state index contributed by atoms with van der Waals surface area (Å²) in [6.07, 6.45) is 0.936. The Morgan fingerprint density at radius 3 is 2.38 bits per heavy atom. The van der Waals surface area contributed by atoms with Crippen molar-refractivity contribution in [1.29, 1.82) is 0 Å². The SMILES string of the molecule is C=CCC(NC(=O)c1csc(CNC(=O)OCC2c3ccccc3-c3ccccc32)n1)C(=O)O. The minimum absolute atomic E-state index is 0.0361. The highest BCUT2D eigenvalue weighted by Gasteiger charge is 2.29. The van der Waals surface area contributed by atoms with Crippen LogP contribution >= 0.6 is 11.3 Å². The first-order valence-electron chi connectivity index (χ1n) is 10.7. The Hall–Kier alpha value is -3.98. The average Bonchev–Trinajstić information content (AvgIpc) is 3.44. The first-order valence-corrected chi connectivity index (χ1v) is 11.5. The van der Waals surface area contributed by atoms with Crippen LogP contribution in [0.1, 0.15) is 39.0 Å². The number of alkyl carbamates (subject to hydrolysis) is 1. The van der Waals surface area contributed by atoms with E-state index in [2.05, 4.69) is 34.3 Å². The number of hydrogen-bond donors (Lipinski definition) is 3. The number of carbonyl (C=O) groups excluding carboxylic acids is 2. The molecule has 3 aromatic rings. The van der Waals surface area contributed by atoms with E-state index < -0.39 is 24.0 Å². The van der Waals surface area contributed by atoms with Crippen molar-refractivity contribution in [3.63, 3.8) is 0 Å². The van der Waals surface area contributed by atoms with Crippen molar-refractivity contribution in [3.8, 4) is 11.1 Å². The third kappa shape index (κ3) is 4.99. The van der Waals surface area contributed by atoms with Crippen LogP contribution in [-0.2, 0) is 16.1 Å². The third-order valence-electron chi connectivity index (χ3n) is 5.52. The minimum atomic E-state index is -1.15. The molecule has 8 nitrogen and oxygen atoms in total. The summed E-state index contributed by atoms with van der Waals surface area (Å²) in [5.41, 5.74) is 4.65. The number of carboxylic acids is 1. The Bertz CT molecular complexity index is 1190. The first-order chi connectivity index (χ1) is 16.5. The number of ether oxygens (including phenoxy) is 1. The molecule has 0 spiro atoms. The molecule has 0 fully saturated rings. The van der Waals surface area contributed by atoms with Crippen molar-refractivity contribution in [3.05, 3.63) is 88.4 Å². The summed E-state index contributed by atoms with van der Waals surface area (Å²) in [6, 6.07) is 15.1. The van der Waals surface area contributed by atoms with Crippen LogP contribution in [0.25, 0.3) is 11.1 Å². The van der Waals surface area contributed by atoms with E-state index in [1.807, 2.05) is 36.4 Å². The highest BCUT2D eigenvalue weighted by atomic mass is 32.1. The molecule has 0 saturated carbocycles. The molecule has 0 saturated heterocycles. The largest absolute Gasteiger partial charge is 0.480 e. The average molecular weight is 478 g/mol. The van der Waals surface area contributed by atoms with E-state index >= 15 is 0 Å². The van der Waals surface area contributed by atoms with Crippen LogP contribution in [0.4, 0.5) is 4.79 Å². The van der Waals surface area contributed by atoms with E-state index in [9.17, 15) is 14.4 Å². The molecule has 2 amide bonds. The van der Waals surface area contributed by atoms with Gasteiger partial charge in [-0.2, -0.15) is 0 Å². The fourth-order valence-electron chi connectivity index (χ4n) is 3.91. The number of benzene rings is 2. The number of nitrogens with zero attached hydrogens (tertiary/aromatic N) is 1. The quantitative estimate of drug-likeness (QED) is 0.402. The fourth-order valence-corrected chi connectivity index (χ4v) is 4.63. The van der Waals surface area contributed by atoms with Gasteiger partial charge in [-0.25, -0.2) is 14.6 Å². The standard InChI is InChI=1S/C25H23N3O5S/c1-2-7-20(24(30)31)28-23(29)21-14-34-22(27-21)12-26-25(32)33-13-19-17-10-5-3-8-15(17)16-9-4-6-11-18(16)19/h2-6,8-11,14,19-20H,1,7,12-13H2,(H,26,32)(H,28,29)(H,30,31). The van der Waals surface area contributed by atoms with E-state index in [0.29, 0.717) is 5.01 Å². The van der Waals surface area contributed by atoms with Gasteiger partial charge in [-0.15, -0.1) is 17.9 Å². The Kier molecular flexibility index (Phi) is 7.03. The number of carbonyl (C=O) groups is 3. The van der Waals surface area contributed by atoms with Gasteiger partial charge in [-0.3, -0.25) is 4.79 Å². The fraction of sp³-hybridized carbons (Fsp3) is 0.200. The number of thiazole rings is 1. The molecule has 0 aliphatic heterocycles. The lowest BCUT2D eigenvalue weighted by atomic mass is 9.98. The lowest BCUT2D eigenvalue weighted by Gasteiger charge is -2.14. The number of rotatable bonds is 9. The monoisotopic (exact) mass is 477 g/mol. The van der Waals surface area contributed by atoms with Gasteiger partial charge >= 0.3 is 12.1 Å². The number of carboxylic acid groups (broad SMARTS) is 1. The molecule has 0 bridgehead atoms. The van der Waals surface area contributed by atoms with Gasteiger partial charge in [-0.05, 0) is 28.7 Å². The van der Waals surface area contributed by atoms with E-state index in [1.165, 1.54) is 22.8 Å². The summed E-state index contributed by atoms with van der Waals surface area (Å²) in [4.78, 5) is 39.9. The van der Waals surface area contributed by atoms with Crippen LogP contribution in [0, 0.1) is 0 Å². The zero-order valence-corrected chi connectivity index (χ0v) is 19.0. The molecule has 9 heteroatoms. The molecule has 1 aliphatic carbocycles. The topological polar surface area (TPSA) is 118 Å². The number of nitrogens with one attached hydrogen (secondary N) is 2. The molecule has 1 unspecified atom stereocenters. The Balaban J connectivity index is 1.31. The molecule has 2 aromatic carbocycles. The molecular formula is C25H23N3O5S. The number of aromatic nitrogens is 1. The van der Waals surface area contributed by atoms with Gasteiger partial charge < -0.3 is 20.5 Å². The summed E-state index contributed by atoms with van der Waals surface area (Å²) in [5.74, 6) is -1.79. The number of aliphatic carboxylic acids is 1. The number of fused-ring (bicyclic) bond motifs is 3. The number of amides is 2. The summed E-state index contributed by atoms with van der Waals surface area (Å²) in [6.45, 7) is 3.78. The second kappa shape index (κ2) is 10.3. The predicted octanol–water partition coefficient (Wildman–Crippen LogP) is 3.94. The zero-order chi connectivity index (χ0) is 24.1. The smallest absolute Gasteiger partial charge is 0.407 e. The van der Waals surface area contributed by atoms with Gasteiger partial charge in [0.1, 0.15) is 23.4 Å². The third-order valence-corrected chi connectivity index (χ3v) is 6.37. The highest BCUT2D eigenvalue weighted by molar-refractivity contribution is 7.09. The number of hydrogen-bond acceptors (Lipinski definition) is 6. The van der Waals surface area contributed by atoms with Gasteiger partial charge in [-0.1, -0.05) is 54.6 Å². The molecule has 3 N–H and O–H groups in total. The summed E-state index contributed by atoms with van der Waals surface area (Å²) < 4.78 is 5.49. The van der Waals surface area contributed by atoms with Crippen molar-refractivity contribution in [2.45, 2.75) is 24.9 Å². The van der Waals surface area contributed by atoms with Gasteiger partial charge in [0.15, 0.2) is 0 Å². The van der Waals surface area contributed by atoms with Crippen LogP contribution in [0.15, 0.2) is 66.6 Å². The van der Waals surface area contributed by atoms with Gasteiger partial charge in [0.2, 0.25) is 0 Å². The van der Waals surface area contributed by atoms with E-state index in [0.717, 1.165) is 22.3 Å². The van der Waals surface area contributed by atoms with Crippen molar-refractivity contribution in [2.24, 2.45) is 0 Å². The summed E-state index contributed by atoms with van der Waals surface area (Å²) in [5, 5.41) is 16.2. The molecule has 4 rings (SSSR count). The molecule has 174 valence electrons. The van der Waals surface area contributed by atoms with Gasteiger partial charge in [0.05, 0.1) is 6.54 Å². The van der Waals surface area contributed by atoms with Crippen LogP contribution in [-0.4, -0.2) is 40.7 Å². The van der Waals surface area contributed by atoms with Gasteiger partial charge in [0, 0.05) is 11.3 Å². The Labute approximate surface area is 200 Å². The lowest BCUT2D eigenvalue weighted by molar-refractivity contribution is -0.139. The van der Waals surface area contributed by atoms with Crippen LogP contribution in [0.3, 0.4) is 0 Å². The van der Waals surface area contributed by atoms with Crippen LogP contribution in [0.2, 0.25) is 0 Å². The van der Waals surface area contributed by atoms with Gasteiger partial charge in [0.25, 0.3) is 5.91 Å². The second-order valence-corrected chi connectivity index (χ2v) is 8.64. The van der Waals surface area contributed by atoms with E-state index in [-0.39, 0.29) is 31.2 Å². The second-order valence-electron chi connectivity index (χ2n) is 7.69. The lowest BCUT2D eigenvalue weighted by Crippen LogP contribution is -2.40. The molecule has 1 aromatic heterocycles. The first kappa shape index (κ1) is 23.2. The van der Waals surface area contributed by atoms with Crippen molar-refractivity contribution in [1.82, 2.24) is 15.6 Å². The normalized spacial score (nSPS) is 12.8. The van der Waals surface area contributed by atoms with Crippen molar-refractivity contribution < 1.29 is 24.2 Å². The Morgan fingerprint density at radius 1 is 1.12 bits per heavy atom. The van der Waals surface area contributed by atoms with Crippen molar-refractivity contribution in [2.75, 3.05) is 6.61 Å². The maximum absolute atomic E-state index is 12.3. The zero-order valence-electron chi connectivity index (χ0n) is 18.2. The summed E-state index contributed by atoms with van der Waals surface area (Å²) >= 11 is 1.18. The molecule has 1 heterocycles. The van der Waals surface area contributed by atoms with Crippen LogP contribution < -0.4 is 10.6 Å². The summed E-state index contributed by atoms with van der Waals surface area (Å²) in [7, 11) is 0. The predicted molar refractivity (Wildman–Crippen MR) is 128 cm³/mol. The maximum atomic E-state index is 12.3. The molecule has 34 heavy (non-hydrogen) atoms. The molecular weight excluding hydrogens is 454 g/mol. The van der Waals surface area contributed by atoms with E-state index in [1.54, 1.807) is 0 Å². The maximum Gasteiger partial charge on any atom is 0.407 e. The molecule has 1 aliphatic rings. The van der Waals surface area contributed by atoms with E-state index in [4.69, 9.17) is 9.84 Å². The molecule has 0 radical (unpaired) electrons. The van der Waals surface area contributed by atoms with Crippen molar-refractivity contribution >= 4 is 29.3 Å². The van der Waals surface area contributed by atoms with Crippen LogP contribution in [0.5, 0.6) is 0 Å².